The van der Waals surface area contributed by atoms with E-state index in [-0.39, 0.29) is 11.5 Å². The van der Waals surface area contributed by atoms with Crippen LogP contribution in [-0.4, -0.2) is 28.9 Å². The van der Waals surface area contributed by atoms with E-state index >= 15 is 0 Å². The molecule has 0 aromatic carbocycles. The fraction of sp³-hybridized carbons (Fsp3) is 0.400. The molecular weight excluding hydrogens is 138 g/mol. The van der Waals surface area contributed by atoms with Gasteiger partial charge in [0, 0.05) is 0 Å². The average molecular weight is 145 g/mol. The number of ether oxygens (including phenoxy) is 1. The minimum absolute atomic E-state index is 0.320. The van der Waals surface area contributed by atoms with Gasteiger partial charge in [-0.2, -0.15) is 0 Å². The summed E-state index contributed by atoms with van der Waals surface area (Å²) in [5.74, 6) is -1.16. The Kier molecular flexibility index (Phi) is 1.50. The zero-order chi connectivity index (χ0) is 7.72. The summed E-state index contributed by atoms with van der Waals surface area (Å²) in [6.07, 6.45) is -0.965. The van der Waals surface area contributed by atoms with Crippen LogP contribution in [0.1, 0.15) is 0 Å². The number of hydrogen-bond acceptors (Lipinski definition) is 5. The number of hydrogen-bond donors (Lipinski definition) is 3. The summed E-state index contributed by atoms with van der Waals surface area (Å²) in [6, 6.07) is 0. The van der Waals surface area contributed by atoms with Gasteiger partial charge in [0.1, 0.15) is 0 Å². The Hall–Kier alpha value is -1.23. The van der Waals surface area contributed by atoms with Crippen LogP contribution in [0.4, 0.5) is 0 Å². The summed E-state index contributed by atoms with van der Waals surface area (Å²) < 4.78 is 4.40. The zero-order valence-corrected chi connectivity index (χ0v) is 5.07. The molecule has 0 spiro atoms. The molecule has 10 heavy (non-hydrogen) atoms. The number of nitrogens with two attached hydrogens (primary N) is 1. The molecule has 5 nitrogen and oxygen atoms in total. The standard InChI is InChI=1S/C5H7NO4/c6-3-4(8)2(1-7)10-5(3)9/h2,7-8H,1,6H2. The number of aliphatic hydroxyl groups excluding tert-OH is 2. The maximum Gasteiger partial charge on any atom is 0.358 e. The van der Waals surface area contributed by atoms with Crippen LogP contribution in [0.5, 0.6) is 0 Å². The van der Waals surface area contributed by atoms with Crippen LogP contribution in [0.25, 0.3) is 0 Å². The second-order valence-corrected chi connectivity index (χ2v) is 1.88. The van der Waals surface area contributed by atoms with Crippen LogP contribution in [0.3, 0.4) is 0 Å². The molecule has 0 bridgehead atoms. The second kappa shape index (κ2) is 2.18. The van der Waals surface area contributed by atoms with E-state index < -0.39 is 18.7 Å². The molecule has 1 aliphatic rings. The van der Waals surface area contributed by atoms with Gasteiger partial charge in [0.15, 0.2) is 17.6 Å². The van der Waals surface area contributed by atoms with Crippen LogP contribution in [-0.2, 0) is 9.53 Å². The van der Waals surface area contributed by atoms with Crippen molar-refractivity contribution in [2.24, 2.45) is 5.73 Å². The fourth-order valence-electron chi connectivity index (χ4n) is 0.650. The average Bonchev–Trinajstić information content (AvgIpc) is 2.17. The summed E-state index contributed by atoms with van der Waals surface area (Å²) in [6.45, 7) is -0.446. The molecule has 0 amide bonds. The molecule has 0 saturated heterocycles. The predicted octanol–water partition coefficient (Wildman–Crippen LogP) is -1.37. The lowest BCUT2D eigenvalue weighted by molar-refractivity contribution is -0.141. The fourth-order valence-corrected chi connectivity index (χ4v) is 0.650. The van der Waals surface area contributed by atoms with Crippen molar-refractivity contribution in [3.05, 3.63) is 11.5 Å². The zero-order valence-electron chi connectivity index (χ0n) is 5.07. The summed E-state index contributed by atoms with van der Waals surface area (Å²) >= 11 is 0. The first-order chi connectivity index (χ1) is 4.66. The molecule has 0 fully saturated rings. The highest BCUT2D eigenvalue weighted by Gasteiger charge is 2.31. The van der Waals surface area contributed by atoms with Gasteiger partial charge in [-0.25, -0.2) is 4.79 Å². The van der Waals surface area contributed by atoms with Crippen molar-refractivity contribution in [2.45, 2.75) is 6.10 Å². The van der Waals surface area contributed by atoms with E-state index in [9.17, 15) is 4.79 Å². The SMILES string of the molecule is NC1=C(O)C(CO)OC1=O. The number of carbonyl (C=O) groups is 1. The second-order valence-electron chi connectivity index (χ2n) is 1.88. The van der Waals surface area contributed by atoms with Gasteiger partial charge in [0.25, 0.3) is 0 Å². The van der Waals surface area contributed by atoms with Crippen molar-refractivity contribution in [3.8, 4) is 0 Å². The summed E-state index contributed by atoms with van der Waals surface area (Å²) in [4.78, 5) is 10.5. The minimum Gasteiger partial charge on any atom is -0.506 e. The van der Waals surface area contributed by atoms with E-state index in [0.717, 1.165) is 0 Å². The van der Waals surface area contributed by atoms with Crippen molar-refractivity contribution in [2.75, 3.05) is 6.61 Å². The third-order valence-corrected chi connectivity index (χ3v) is 1.22. The van der Waals surface area contributed by atoms with Gasteiger partial charge in [-0.15, -0.1) is 0 Å². The van der Waals surface area contributed by atoms with E-state index in [1.54, 1.807) is 0 Å². The number of esters is 1. The molecule has 0 radical (unpaired) electrons. The molecule has 1 heterocycles. The minimum atomic E-state index is -0.965. The Bertz CT molecular complexity index is 198. The molecule has 0 aliphatic carbocycles. The van der Waals surface area contributed by atoms with Crippen LogP contribution in [0.2, 0.25) is 0 Å². The normalized spacial score (nSPS) is 25.3. The number of cyclic esters (lactones) is 1. The number of rotatable bonds is 1. The summed E-state index contributed by atoms with van der Waals surface area (Å²) in [7, 11) is 0. The first-order valence-corrected chi connectivity index (χ1v) is 2.67. The lowest BCUT2D eigenvalue weighted by Crippen LogP contribution is -2.15. The Labute approximate surface area is 56.7 Å². The summed E-state index contributed by atoms with van der Waals surface area (Å²) in [5, 5.41) is 17.3. The van der Waals surface area contributed by atoms with Gasteiger partial charge in [-0.05, 0) is 0 Å². The number of aliphatic hydroxyl groups is 2. The topological polar surface area (TPSA) is 92.8 Å². The molecule has 1 rings (SSSR count). The Balaban J connectivity index is 2.83. The lowest BCUT2D eigenvalue weighted by atomic mass is 10.3. The molecule has 0 aromatic heterocycles. The molecule has 5 heteroatoms. The Morgan fingerprint density at radius 1 is 1.70 bits per heavy atom. The van der Waals surface area contributed by atoms with Crippen molar-refractivity contribution in [1.29, 1.82) is 0 Å². The molecule has 1 aliphatic heterocycles. The van der Waals surface area contributed by atoms with Crippen molar-refractivity contribution in [3.63, 3.8) is 0 Å². The van der Waals surface area contributed by atoms with Gasteiger partial charge < -0.3 is 20.7 Å². The lowest BCUT2D eigenvalue weighted by Gasteiger charge is -2.03. The molecule has 0 saturated carbocycles. The molecule has 4 N–H and O–H groups in total. The molecule has 56 valence electrons. The van der Waals surface area contributed by atoms with E-state index in [1.165, 1.54) is 0 Å². The van der Waals surface area contributed by atoms with E-state index in [0.29, 0.717) is 0 Å². The quantitative estimate of drug-likeness (QED) is 0.396. The van der Waals surface area contributed by atoms with E-state index in [4.69, 9.17) is 15.9 Å². The molecular formula is C5H7NO4. The van der Waals surface area contributed by atoms with Crippen molar-refractivity contribution < 1.29 is 19.7 Å². The maximum atomic E-state index is 10.5. The smallest absolute Gasteiger partial charge is 0.358 e. The molecule has 1 atom stereocenters. The van der Waals surface area contributed by atoms with Gasteiger partial charge in [0.2, 0.25) is 0 Å². The van der Waals surface area contributed by atoms with Crippen LogP contribution in [0.15, 0.2) is 11.5 Å². The van der Waals surface area contributed by atoms with Gasteiger partial charge >= 0.3 is 5.97 Å². The Morgan fingerprint density at radius 2 is 2.30 bits per heavy atom. The highest BCUT2D eigenvalue weighted by Crippen LogP contribution is 2.15. The molecule has 1 unspecified atom stereocenters. The molecule has 0 aromatic rings. The van der Waals surface area contributed by atoms with Crippen LogP contribution < -0.4 is 5.73 Å². The largest absolute Gasteiger partial charge is 0.506 e. The first kappa shape index (κ1) is 6.88. The van der Waals surface area contributed by atoms with Gasteiger partial charge in [-0.3, -0.25) is 0 Å². The highest BCUT2D eigenvalue weighted by molar-refractivity contribution is 5.90. The van der Waals surface area contributed by atoms with E-state index in [1.807, 2.05) is 0 Å². The Morgan fingerprint density at radius 3 is 2.50 bits per heavy atom. The van der Waals surface area contributed by atoms with Crippen LogP contribution in [0, 0.1) is 0 Å². The van der Waals surface area contributed by atoms with Gasteiger partial charge in [-0.1, -0.05) is 0 Å². The monoisotopic (exact) mass is 145 g/mol. The van der Waals surface area contributed by atoms with E-state index in [2.05, 4.69) is 4.74 Å². The highest BCUT2D eigenvalue weighted by atomic mass is 16.6. The summed E-state index contributed by atoms with van der Waals surface area (Å²) in [5.41, 5.74) is 4.71. The maximum absolute atomic E-state index is 10.5. The van der Waals surface area contributed by atoms with Gasteiger partial charge in [0.05, 0.1) is 6.61 Å². The van der Waals surface area contributed by atoms with Crippen LogP contribution >= 0.6 is 0 Å². The number of carbonyl (C=O) groups excluding carboxylic acids is 1. The third kappa shape index (κ3) is 0.801. The first-order valence-electron chi connectivity index (χ1n) is 2.67. The van der Waals surface area contributed by atoms with Crippen molar-refractivity contribution in [1.82, 2.24) is 0 Å². The third-order valence-electron chi connectivity index (χ3n) is 1.22. The predicted molar refractivity (Wildman–Crippen MR) is 30.8 cm³/mol. The van der Waals surface area contributed by atoms with Crippen molar-refractivity contribution >= 4 is 5.97 Å².